The van der Waals surface area contributed by atoms with Crippen LogP contribution in [0.15, 0.2) is 42.5 Å². The van der Waals surface area contributed by atoms with Gasteiger partial charge in [-0.2, -0.15) is 0 Å². The van der Waals surface area contributed by atoms with E-state index in [0.29, 0.717) is 5.92 Å². The van der Waals surface area contributed by atoms with Crippen LogP contribution in [-0.4, -0.2) is 16.8 Å². The third-order valence-corrected chi connectivity index (χ3v) is 3.48. The van der Waals surface area contributed by atoms with Crippen LogP contribution >= 0.6 is 0 Å². The van der Waals surface area contributed by atoms with Gasteiger partial charge in [0, 0.05) is 6.08 Å². The molecular weight excluding hydrogens is 222 g/mol. The minimum atomic E-state index is 0.136. The van der Waals surface area contributed by atoms with E-state index in [2.05, 4.69) is 32.9 Å². The lowest BCUT2D eigenvalue weighted by Gasteiger charge is -2.32. The number of hydrogen-bond donors (Lipinski definition) is 0. The van der Waals surface area contributed by atoms with Crippen molar-refractivity contribution in [1.29, 1.82) is 0 Å². The summed E-state index contributed by atoms with van der Waals surface area (Å²) in [5, 5.41) is 0. The van der Waals surface area contributed by atoms with E-state index in [1.54, 1.807) is 6.08 Å². The maximum Gasteiger partial charge on any atom is 0.247 e. The SMILES string of the molecule is CC(C)CC1C=CC(=O)N1C(C)c1ccccc1. The number of carbonyl (C=O) groups is 1. The normalized spacial score (nSPS) is 20.8. The molecule has 1 amide bonds. The molecule has 2 rings (SSSR count). The van der Waals surface area contributed by atoms with Gasteiger partial charge in [0.05, 0.1) is 12.1 Å². The van der Waals surface area contributed by atoms with Gasteiger partial charge in [-0.25, -0.2) is 0 Å². The molecule has 0 saturated heterocycles. The van der Waals surface area contributed by atoms with Crippen LogP contribution in [0.5, 0.6) is 0 Å². The van der Waals surface area contributed by atoms with E-state index >= 15 is 0 Å². The molecule has 2 nitrogen and oxygen atoms in total. The Balaban J connectivity index is 2.17. The van der Waals surface area contributed by atoms with Crippen molar-refractivity contribution in [3.8, 4) is 0 Å². The zero-order valence-electron chi connectivity index (χ0n) is 11.3. The van der Waals surface area contributed by atoms with E-state index in [-0.39, 0.29) is 18.0 Å². The molecule has 2 unspecified atom stereocenters. The predicted octanol–water partition coefficient (Wildman–Crippen LogP) is 3.56. The number of carbonyl (C=O) groups excluding carboxylic acids is 1. The van der Waals surface area contributed by atoms with E-state index in [9.17, 15) is 4.79 Å². The molecule has 0 aromatic heterocycles. The standard InChI is InChI=1S/C16H21NO/c1-12(2)11-15-9-10-16(18)17(15)13(3)14-7-5-4-6-8-14/h4-10,12-13,15H,11H2,1-3H3. The quantitative estimate of drug-likeness (QED) is 0.791. The summed E-state index contributed by atoms with van der Waals surface area (Å²) in [4.78, 5) is 14.0. The van der Waals surface area contributed by atoms with Crippen molar-refractivity contribution in [2.75, 3.05) is 0 Å². The summed E-state index contributed by atoms with van der Waals surface area (Å²) >= 11 is 0. The Morgan fingerprint density at radius 3 is 2.44 bits per heavy atom. The van der Waals surface area contributed by atoms with Crippen LogP contribution in [0.1, 0.15) is 38.8 Å². The average molecular weight is 243 g/mol. The van der Waals surface area contributed by atoms with Gasteiger partial charge in [0.1, 0.15) is 0 Å². The van der Waals surface area contributed by atoms with Gasteiger partial charge in [0.2, 0.25) is 5.91 Å². The molecule has 0 saturated carbocycles. The topological polar surface area (TPSA) is 20.3 Å². The number of benzene rings is 1. The summed E-state index contributed by atoms with van der Waals surface area (Å²) in [6, 6.07) is 10.6. The molecule has 0 aliphatic carbocycles. The molecule has 0 N–H and O–H groups in total. The minimum absolute atomic E-state index is 0.136. The molecule has 0 spiro atoms. The van der Waals surface area contributed by atoms with Gasteiger partial charge in [-0.3, -0.25) is 4.79 Å². The van der Waals surface area contributed by atoms with Crippen molar-refractivity contribution in [2.24, 2.45) is 5.92 Å². The van der Waals surface area contributed by atoms with Crippen molar-refractivity contribution in [3.63, 3.8) is 0 Å². The zero-order valence-corrected chi connectivity index (χ0v) is 11.3. The van der Waals surface area contributed by atoms with Gasteiger partial charge in [-0.15, -0.1) is 0 Å². The van der Waals surface area contributed by atoms with Crippen molar-refractivity contribution >= 4 is 5.91 Å². The number of rotatable bonds is 4. The Morgan fingerprint density at radius 1 is 1.17 bits per heavy atom. The first-order valence-corrected chi connectivity index (χ1v) is 6.65. The summed E-state index contributed by atoms with van der Waals surface area (Å²) in [6.07, 6.45) is 4.79. The van der Waals surface area contributed by atoms with Crippen LogP contribution in [-0.2, 0) is 4.79 Å². The molecule has 1 aromatic carbocycles. The monoisotopic (exact) mass is 243 g/mol. The fraction of sp³-hybridized carbons (Fsp3) is 0.438. The first-order chi connectivity index (χ1) is 8.59. The lowest BCUT2D eigenvalue weighted by molar-refractivity contribution is -0.128. The van der Waals surface area contributed by atoms with E-state index in [1.807, 2.05) is 29.2 Å². The molecule has 1 heterocycles. The zero-order chi connectivity index (χ0) is 13.1. The smallest absolute Gasteiger partial charge is 0.247 e. The third kappa shape index (κ3) is 2.63. The first kappa shape index (κ1) is 12.9. The van der Waals surface area contributed by atoms with Gasteiger partial charge in [-0.1, -0.05) is 50.3 Å². The van der Waals surface area contributed by atoms with Crippen molar-refractivity contribution < 1.29 is 4.79 Å². The molecule has 0 bridgehead atoms. The molecule has 0 radical (unpaired) electrons. The minimum Gasteiger partial charge on any atom is -0.326 e. The van der Waals surface area contributed by atoms with Crippen molar-refractivity contribution in [2.45, 2.75) is 39.3 Å². The second-order valence-electron chi connectivity index (χ2n) is 5.39. The Labute approximate surface area is 109 Å². The summed E-state index contributed by atoms with van der Waals surface area (Å²) in [7, 11) is 0. The molecule has 18 heavy (non-hydrogen) atoms. The highest BCUT2D eigenvalue weighted by atomic mass is 16.2. The highest BCUT2D eigenvalue weighted by Gasteiger charge is 2.30. The van der Waals surface area contributed by atoms with E-state index in [0.717, 1.165) is 6.42 Å². The Morgan fingerprint density at radius 2 is 1.83 bits per heavy atom. The van der Waals surface area contributed by atoms with Crippen molar-refractivity contribution in [3.05, 3.63) is 48.0 Å². The lowest BCUT2D eigenvalue weighted by atomic mass is 10.0. The summed E-state index contributed by atoms with van der Waals surface area (Å²) in [5.41, 5.74) is 1.20. The second kappa shape index (κ2) is 5.38. The van der Waals surface area contributed by atoms with E-state index in [4.69, 9.17) is 0 Å². The van der Waals surface area contributed by atoms with Gasteiger partial charge >= 0.3 is 0 Å². The van der Waals surface area contributed by atoms with Crippen LogP contribution in [0.2, 0.25) is 0 Å². The van der Waals surface area contributed by atoms with Gasteiger partial charge in [-0.05, 0) is 24.8 Å². The average Bonchev–Trinajstić information content (AvgIpc) is 2.70. The number of nitrogens with zero attached hydrogens (tertiary/aromatic N) is 1. The highest BCUT2D eigenvalue weighted by molar-refractivity contribution is 5.91. The molecule has 1 aromatic rings. The molecule has 2 heteroatoms. The third-order valence-electron chi connectivity index (χ3n) is 3.48. The fourth-order valence-corrected chi connectivity index (χ4v) is 2.58. The molecule has 1 aliphatic rings. The van der Waals surface area contributed by atoms with Crippen molar-refractivity contribution in [1.82, 2.24) is 4.90 Å². The van der Waals surface area contributed by atoms with E-state index < -0.39 is 0 Å². The predicted molar refractivity (Wildman–Crippen MR) is 74.1 cm³/mol. The maximum absolute atomic E-state index is 12.0. The largest absolute Gasteiger partial charge is 0.326 e. The number of amides is 1. The van der Waals surface area contributed by atoms with Crippen LogP contribution in [0.25, 0.3) is 0 Å². The molecule has 0 fully saturated rings. The maximum atomic E-state index is 12.0. The Kier molecular flexibility index (Phi) is 3.85. The van der Waals surface area contributed by atoms with E-state index in [1.165, 1.54) is 5.56 Å². The van der Waals surface area contributed by atoms with Gasteiger partial charge in [0.15, 0.2) is 0 Å². The van der Waals surface area contributed by atoms with Gasteiger partial charge in [0.25, 0.3) is 0 Å². The van der Waals surface area contributed by atoms with Crippen LogP contribution in [0, 0.1) is 5.92 Å². The first-order valence-electron chi connectivity index (χ1n) is 6.65. The summed E-state index contributed by atoms with van der Waals surface area (Å²) in [5.74, 6) is 0.730. The molecule has 96 valence electrons. The van der Waals surface area contributed by atoms with Crippen LogP contribution < -0.4 is 0 Å². The summed E-state index contributed by atoms with van der Waals surface area (Å²) in [6.45, 7) is 6.50. The molecular formula is C16H21NO. The number of hydrogen-bond acceptors (Lipinski definition) is 1. The second-order valence-corrected chi connectivity index (χ2v) is 5.39. The highest BCUT2D eigenvalue weighted by Crippen LogP contribution is 2.29. The Bertz CT molecular complexity index is 436. The fourth-order valence-electron chi connectivity index (χ4n) is 2.58. The molecule has 2 atom stereocenters. The molecule has 1 aliphatic heterocycles. The summed E-state index contributed by atoms with van der Waals surface area (Å²) < 4.78 is 0. The van der Waals surface area contributed by atoms with Gasteiger partial charge < -0.3 is 4.90 Å². The lowest BCUT2D eigenvalue weighted by Crippen LogP contribution is -2.36. The Hall–Kier alpha value is -1.57. The van der Waals surface area contributed by atoms with Crippen LogP contribution in [0.3, 0.4) is 0 Å². The van der Waals surface area contributed by atoms with Crippen LogP contribution in [0.4, 0.5) is 0 Å².